The van der Waals surface area contributed by atoms with E-state index in [0.29, 0.717) is 6.04 Å². The lowest BCUT2D eigenvalue weighted by molar-refractivity contribution is 0.250. The molecule has 2 aromatic rings. The highest BCUT2D eigenvalue weighted by atomic mass is 32.1. The average molecular weight is 288 g/mol. The van der Waals surface area contributed by atoms with Gasteiger partial charge in [-0.05, 0) is 24.3 Å². The standard InChI is InChI=1S/C15H20N4S/c1-2-13(20-9-1)10-14-16-11-15(17-14)19-8-7-18-5-3-12(19)4-6-18/h1-2,9,11-12H,3-8,10H2,(H,16,17). The van der Waals surface area contributed by atoms with Crippen molar-refractivity contribution in [2.24, 2.45) is 0 Å². The fraction of sp³-hybridized carbons (Fsp3) is 0.533. The second-order valence-electron chi connectivity index (χ2n) is 5.74. The van der Waals surface area contributed by atoms with E-state index in [0.717, 1.165) is 18.8 Å². The zero-order valence-corrected chi connectivity index (χ0v) is 12.4. The van der Waals surface area contributed by atoms with Gasteiger partial charge in [0.1, 0.15) is 11.6 Å². The summed E-state index contributed by atoms with van der Waals surface area (Å²) in [6, 6.07) is 4.98. The van der Waals surface area contributed by atoms with Crippen molar-refractivity contribution in [3.63, 3.8) is 0 Å². The molecule has 0 amide bonds. The Balaban J connectivity index is 1.52. The van der Waals surface area contributed by atoms with Crippen LogP contribution in [0.5, 0.6) is 0 Å². The smallest absolute Gasteiger partial charge is 0.126 e. The lowest BCUT2D eigenvalue weighted by Gasteiger charge is -2.31. The van der Waals surface area contributed by atoms with E-state index in [2.05, 4.69) is 37.3 Å². The van der Waals surface area contributed by atoms with E-state index in [-0.39, 0.29) is 0 Å². The van der Waals surface area contributed by atoms with E-state index in [1.807, 2.05) is 6.20 Å². The number of hydrogen-bond donors (Lipinski definition) is 1. The van der Waals surface area contributed by atoms with Gasteiger partial charge in [-0.15, -0.1) is 11.3 Å². The fourth-order valence-corrected chi connectivity index (χ4v) is 4.08. The Morgan fingerprint density at radius 3 is 2.95 bits per heavy atom. The van der Waals surface area contributed by atoms with Crippen molar-refractivity contribution in [2.75, 3.05) is 31.1 Å². The summed E-state index contributed by atoms with van der Waals surface area (Å²) in [6.07, 6.45) is 5.53. The molecule has 3 aliphatic rings. The number of H-pyrrole nitrogens is 1. The number of piperidine rings is 1. The molecular formula is C15H20N4S. The van der Waals surface area contributed by atoms with Crippen LogP contribution in [0, 0.1) is 0 Å². The highest BCUT2D eigenvalue weighted by Gasteiger charge is 2.29. The molecule has 0 spiro atoms. The molecule has 5 heteroatoms. The number of thiophene rings is 1. The van der Waals surface area contributed by atoms with E-state index in [4.69, 9.17) is 0 Å². The molecule has 1 N–H and O–H groups in total. The fourth-order valence-electron chi connectivity index (χ4n) is 3.37. The molecule has 3 fully saturated rings. The monoisotopic (exact) mass is 288 g/mol. The van der Waals surface area contributed by atoms with Crippen LogP contribution < -0.4 is 4.90 Å². The summed E-state index contributed by atoms with van der Waals surface area (Å²) >= 11 is 1.80. The minimum Gasteiger partial charge on any atom is -0.352 e. The van der Waals surface area contributed by atoms with E-state index in [1.54, 1.807) is 11.3 Å². The molecule has 0 atom stereocenters. The number of nitrogens with one attached hydrogen (secondary N) is 1. The zero-order valence-electron chi connectivity index (χ0n) is 11.6. The average Bonchev–Trinajstić information content (AvgIpc) is 3.06. The quantitative estimate of drug-likeness (QED) is 0.941. The van der Waals surface area contributed by atoms with Gasteiger partial charge >= 0.3 is 0 Å². The van der Waals surface area contributed by atoms with Gasteiger partial charge in [-0.25, -0.2) is 4.98 Å². The van der Waals surface area contributed by atoms with Gasteiger partial charge in [-0.2, -0.15) is 0 Å². The maximum Gasteiger partial charge on any atom is 0.126 e. The van der Waals surface area contributed by atoms with Crippen molar-refractivity contribution < 1.29 is 0 Å². The van der Waals surface area contributed by atoms with E-state index >= 15 is 0 Å². The van der Waals surface area contributed by atoms with Gasteiger partial charge in [0.15, 0.2) is 0 Å². The third-order valence-corrected chi connectivity index (χ3v) is 5.38. The maximum atomic E-state index is 4.58. The van der Waals surface area contributed by atoms with Crippen LogP contribution in [0.4, 0.5) is 5.82 Å². The molecule has 4 nitrogen and oxygen atoms in total. The molecular weight excluding hydrogens is 268 g/mol. The number of aromatic amines is 1. The largest absolute Gasteiger partial charge is 0.352 e. The summed E-state index contributed by atoms with van der Waals surface area (Å²) in [5.41, 5.74) is 0. The van der Waals surface area contributed by atoms with E-state index in [9.17, 15) is 0 Å². The molecule has 106 valence electrons. The first-order valence-corrected chi connectivity index (χ1v) is 8.32. The molecule has 2 bridgehead atoms. The molecule has 5 heterocycles. The Morgan fingerprint density at radius 1 is 1.25 bits per heavy atom. The van der Waals surface area contributed by atoms with Crippen LogP contribution in [0.15, 0.2) is 23.7 Å². The minimum atomic E-state index is 0.698. The summed E-state index contributed by atoms with van der Waals surface area (Å²) in [5.74, 6) is 2.30. The van der Waals surface area contributed by atoms with Gasteiger partial charge in [-0.3, -0.25) is 0 Å². The lowest BCUT2D eigenvalue weighted by atomic mass is 10.1. The third-order valence-electron chi connectivity index (χ3n) is 4.50. The van der Waals surface area contributed by atoms with Crippen LogP contribution in [-0.4, -0.2) is 47.1 Å². The normalized spacial score (nSPS) is 25.9. The van der Waals surface area contributed by atoms with Crippen molar-refractivity contribution in [1.82, 2.24) is 14.9 Å². The number of nitrogens with zero attached hydrogens (tertiary/aromatic N) is 3. The first-order valence-electron chi connectivity index (χ1n) is 7.44. The first-order chi connectivity index (χ1) is 9.88. The predicted molar refractivity (Wildman–Crippen MR) is 82.5 cm³/mol. The summed E-state index contributed by atoms with van der Waals surface area (Å²) in [4.78, 5) is 14.6. The van der Waals surface area contributed by atoms with Gasteiger partial charge in [0.05, 0.1) is 6.20 Å². The van der Waals surface area contributed by atoms with Crippen LogP contribution in [0.2, 0.25) is 0 Å². The highest BCUT2D eigenvalue weighted by Crippen LogP contribution is 2.26. The Bertz CT molecular complexity index is 554. The second kappa shape index (κ2) is 5.22. The zero-order chi connectivity index (χ0) is 13.4. The predicted octanol–water partition coefficient (Wildman–Crippen LogP) is 2.35. The van der Waals surface area contributed by atoms with Crippen molar-refractivity contribution in [1.29, 1.82) is 0 Å². The molecule has 0 aromatic carbocycles. The molecule has 5 rings (SSSR count). The van der Waals surface area contributed by atoms with Crippen molar-refractivity contribution in [3.8, 4) is 0 Å². The highest BCUT2D eigenvalue weighted by molar-refractivity contribution is 7.09. The Hall–Kier alpha value is -1.33. The van der Waals surface area contributed by atoms with Crippen LogP contribution in [0.3, 0.4) is 0 Å². The minimum absolute atomic E-state index is 0.698. The first kappa shape index (κ1) is 12.4. The van der Waals surface area contributed by atoms with Crippen LogP contribution in [0.1, 0.15) is 23.5 Å². The van der Waals surface area contributed by atoms with Crippen molar-refractivity contribution >= 4 is 17.2 Å². The second-order valence-corrected chi connectivity index (χ2v) is 6.77. The topological polar surface area (TPSA) is 35.2 Å². The van der Waals surface area contributed by atoms with E-state index < -0.39 is 0 Å². The van der Waals surface area contributed by atoms with Gasteiger partial charge in [0.2, 0.25) is 0 Å². The number of imidazole rings is 1. The van der Waals surface area contributed by atoms with Crippen LogP contribution in [0.25, 0.3) is 0 Å². The maximum absolute atomic E-state index is 4.58. The number of aromatic nitrogens is 2. The van der Waals surface area contributed by atoms with Gasteiger partial charge in [-0.1, -0.05) is 6.07 Å². The summed E-state index contributed by atoms with van der Waals surface area (Å²) in [6.45, 7) is 4.84. The van der Waals surface area contributed by atoms with Crippen molar-refractivity contribution in [3.05, 3.63) is 34.4 Å². The Kier molecular flexibility index (Phi) is 3.24. The number of rotatable bonds is 3. The van der Waals surface area contributed by atoms with Gasteiger partial charge < -0.3 is 14.8 Å². The van der Waals surface area contributed by atoms with E-state index in [1.165, 1.54) is 43.2 Å². The molecule has 0 radical (unpaired) electrons. The van der Waals surface area contributed by atoms with Crippen LogP contribution >= 0.6 is 11.3 Å². The molecule has 3 aliphatic heterocycles. The van der Waals surface area contributed by atoms with Gasteiger partial charge in [0.25, 0.3) is 0 Å². The number of anilines is 1. The Labute approximate surface area is 123 Å². The molecule has 0 aliphatic carbocycles. The molecule has 0 saturated carbocycles. The molecule has 2 aromatic heterocycles. The summed E-state index contributed by atoms with van der Waals surface area (Å²) < 4.78 is 0. The van der Waals surface area contributed by atoms with Gasteiger partial charge in [0, 0.05) is 43.5 Å². The summed E-state index contributed by atoms with van der Waals surface area (Å²) in [5, 5.41) is 2.13. The Morgan fingerprint density at radius 2 is 2.15 bits per heavy atom. The van der Waals surface area contributed by atoms with Crippen molar-refractivity contribution in [2.45, 2.75) is 25.3 Å². The SMILES string of the molecule is c1csc(Cc2ncc(N3CCN4CCC3CC4)[nH]2)c1. The number of hydrogen-bond acceptors (Lipinski definition) is 4. The molecule has 0 unspecified atom stereocenters. The number of fused-ring (bicyclic) bond motifs is 4. The molecule has 3 saturated heterocycles. The third kappa shape index (κ3) is 2.36. The lowest BCUT2D eigenvalue weighted by Crippen LogP contribution is -2.38. The molecule has 20 heavy (non-hydrogen) atoms. The van der Waals surface area contributed by atoms with Crippen LogP contribution in [-0.2, 0) is 6.42 Å². The summed E-state index contributed by atoms with van der Waals surface area (Å²) in [7, 11) is 0.